The van der Waals surface area contributed by atoms with Crippen molar-refractivity contribution in [2.45, 2.75) is 6.92 Å². The third-order valence-electron chi connectivity index (χ3n) is 4.36. The van der Waals surface area contributed by atoms with E-state index >= 15 is 0 Å². The number of H-pyrrole nitrogens is 1. The van der Waals surface area contributed by atoms with Crippen molar-refractivity contribution in [2.75, 3.05) is 19.0 Å². The predicted molar refractivity (Wildman–Crippen MR) is 120 cm³/mol. The largest absolute Gasteiger partial charge is 0.493 e. The van der Waals surface area contributed by atoms with E-state index in [1.165, 1.54) is 17.4 Å². The van der Waals surface area contributed by atoms with Crippen LogP contribution in [-0.2, 0) is 4.79 Å². The molecule has 2 N–H and O–H groups in total. The van der Waals surface area contributed by atoms with Crippen molar-refractivity contribution in [1.82, 2.24) is 9.97 Å². The lowest BCUT2D eigenvalue weighted by Crippen LogP contribution is -2.07. The quantitative estimate of drug-likeness (QED) is 0.418. The van der Waals surface area contributed by atoms with Crippen LogP contribution < -0.4 is 20.5 Å². The second-order valence-electron chi connectivity index (χ2n) is 6.43. The molecule has 1 amide bonds. The van der Waals surface area contributed by atoms with Crippen molar-refractivity contribution >= 4 is 39.6 Å². The van der Waals surface area contributed by atoms with E-state index in [9.17, 15) is 9.59 Å². The van der Waals surface area contributed by atoms with Crippen molar-refractivity contribution < 1.29 is 18.7 Å². The number of methoxy groups -OCH3 is 1. The molecule has 2 heterocycles. The Morgan fingerprint density at radius 2 is 2.13 bits per heavy atom. The molecule has 4 rings (SSSR count). The van der Waals surface area contributed by atoms with E-state index in [0.717, 1.165) is 11.1 Å². The molecule has 2 aromatic carbocycles. The summed E-state index contributed by atoms with van der Waals surface area (Å²) in [6.07, 6.45) is 3.11. The Bertz CT molecular complexity index is 1320. The SMILES string of the molecule is CCOc1ccc(/C=C/C(=O)Nc2nc(-c3ccc4oc(=O)[nH]c4c3)cs2)cc1OC. The first-order valence-electron chi connectivity index (χ1n) is 9.44. The molecule has 2 aromatic heterocycles. The van der Waals surface area contributed by atoms with Gasteiger partial charge in [0, 0.05) is 17.0 Å². The Morgan fingerprint density at radius 1 is 1.26 bits per heavy atom. The third-order valence-corrected chi connectivity index (χ3v) is 5.12. The summed E-state index contributed by atoms with van der Waals surface area (Å²) < 4.78 is 15.8. The molecule has 0 saturated carbocycles. The highest BCUT2D eigenvalue weighted by atomic mass is 32.1. The number of benzene rings is 2. The highest BCUT2D eigenvalue weighted by molar-refractivity contribution is 7.14. The molecule has 0 atom stereocenters. The van der Waals surface area contributed by atoms with E-state index in [-0.39, 0.29) is 5.91 Å². The number of thiazole rings is 1. The molecule has 0 radical (unpaired) electrons. The van der Waals surface area contributed by atoms with E-state index in [0.29, 0.717) is 40.0 Å². The van der Waals surface area contributed by atoms with Gasteiger partial charge in [0.05, 0.1) is 24.9 Å². The average Bonchev–Trinajstić information content (AvgIpc) is 3.38. The first-order valence-corrected chi connectivity index (χ1v) is 10.3. The molecule has 0 spiro atoms. The number of ether oxygens (including phenoxy) is 2. The Labute approximate surface area is 181 Å². The summed E-state index contributed by atoms with van der Waals surface area (Å²) in [7, 11) is 1.57. The number of rotatable bonds is 7. The predicted octanol–water partition coefficient (Wildman–Crippen LogP) is 4.30. The minimum absolute atomic E-state index is 0.302. The van der Waals surface area contributed by atoms with Gasteiger partial charge in [-0.15, -0.1) is 11.3 Å². The maximum Gasteiger partial charge on any atom is 0.417 e. The minimum Gasteiger partial charge on any atom is -0.493 e. The fourth-order valence-corrected chi connectivity index (χ4v) is 3.68. The summed E-state index contributed by atoms with van der Waals surface area (Å²) in [6.45, 7) is 2.44. The molecule has 0 aliphatic carbocycles. The Kier molecular flexibility index (Phi) is 5.85. The topological polar surface area (TPSA) is 106 Å². The number of fused-ring (bicyclic) bond motifs is 1. The van der Waals surface area contributed by atoms with E-state index < -0.39 is 5.76 Å². The normalized spacial score (nSPS) is 11.2. The fourth-order valence-electron chi connectivity index (χ4n) is 2.96. The van der Waals surface area contributed by atoms with E-state index in [2.05, 4.69) is 15.3 Å². The Balaban J connectivity index is 1.44. The number of aromatic amines is 1. The molecule has 0 fully saturated rings. The minimum atomic E-state index is -0.504. The first-order chi connectivity index (χ1) is 15.1. The number of carbonyl (C=O) groups excluding carboxylic acids is 1. The number of hydrogen-bond donors (Lipinski definition) is 2. The summed E-state index contributed by atoms with van der Waals surface area (Å²) in [5.41, 5.74) is 3.36. The second-order valence-corrected chi connectivity index (χ2v) is 7.29. The van der Waals surface area contributed by atoms with Gasteiger partial charge in [0.25, 0.3) is 0 Å². The summed E-state index contributed by atoms with van der Waals surface area (Å²) >= 11 is 1.31. The number of hydrogen-bond acceptors (Lipinski definition) is 7. The molecule has 0 aliphatic heterocycles. The summed E-state index contributed by atoms with van der Waals surface area (Å²) in [5.74, 6) is 0.447. The zero-order valence-electron chi connectivity index (χ0n) is 16.8. The van der Waals surface area contributed by atoms with E-state index in [1.807, 2.05) is 18.4 Å². The van der Waals surface area contributed by atoms with Crippen LogP contribution in [0.1, 0.15) is 12.5 Å². The van der Waals surface area contributed by atoms with Crippen molar-refractivity contribution in [3.63, 3.8) is 0 Å². The zero-order chi connectivity index (χ0) is 21.8. The monoisotopic (exact) mass is 437 g/mol. The van der Waals surface area contributed by atoms with E-state index in [1.54, 1.807) is 43.5 Å². The first kappa shape index (κ1) is 20.4. The maximum atomic E-state index is 12.3. The second kappa shape index (κ2) is 8.88. The number of nitrogens with one attached hydrogen (secondary N) is 2. The van der Waals surface area contributed by atoms with Crippen LogP contribution in [0.3, 0.4) is 0 Å². The molecule has 0 unspecified atom stereocenters. The molecule has 31 heavy (non-hydrogen) atoms. The van der Waals surface area contributed by atoms with Crippen LogP contribution >= 0.6 is 11.3 Å². The van der Waals surface area contributed by atoms with E-state index in [4.69, 9.17) is 13.9 Å². The lowest BCUT2D eigenvalue weighted by molar-refractivity contribution is -0.111. The molecule has 0 aliphatic rings. The Morgan fingerprint density at radius 3 is 2.94 bits per heavy atom. The lowest BCUT2D eigenvalue weighted by atomic mass is 10.1. The van der Waals surface area contributed by atoms with Crippen molar-refractivity contribution in [2.24, 2.45) is 0 Å². The molecule has 158 valence electrons. The van der Waals surface area contributed by atoms with Gasteiger partial charge in [-0.2, -0.15) is 0 Å². The fraction of sp³-hybridized carbons (Fsp3) is 0.136. The third kappa shape index (κ3) is 4.67. The number of anilines is 1. The maximum absolute atomic E-state index is 12.3. The lowest BCUT2D eigenvalue weighted by Gasteiger charge is -2.09. The van der Waals surface area contributed by atoms with Gasteiger partial charge in [-0.1, -0.05) is 6.07 Å². The van der Waals surface area contributed by atoms with Gasteiger partial charge < -0.3 is 13.9 Å². The summed E-state index contributed by atoms with van der Waals surface area (Å²) in [4.78, 5) is 30.7. The average molecular weight is 437 g/mol. The van der Waals surface area contributed by atoms with Crippen molar-refractivity contribution in [1.29, 1.82) is 0 Å². The van der Waals surface area contributed by atoms with Crippen LogP contribution in [0.2, 0.25) is 0 Å². The number of nitrogens with zero attached hydrogens (tertiary/aromatic N) is 1. The van der Waals surface area contributed by atoms with Gasteiger partial charge in [0.2, 0.25) is 5.91 Å². The van der Waals surface area contributed by atoms with Crippen LogP contribution in [0.15, 0.2) is 57.1 Å². The van der Waals surface area contributed by atoms with Crippen LogP contribution in [0, 0.1) is 0 Å². The van der Waals surface area contributed by atoms with Gasteiger partial charge >= 0.3 is 5.76 Å². The standard InChI is InChI=1S/C22H19N3O5S/c1-3-29-18-7-4-13(10-19(18)28-2)5-9-20(26)25-21-23-16(12-31-21)14-6-8-17-15(11-14)24-22(27)30-17/h4-12H,3H2,1-2H3,(H,24,27)(H,23,25,26)/b9-5+. The van der Waals surface area contributed by atoms with Crippen LogP contribution in [0.4, 0.5) is 5.13 Å². The highest BCUT2D eigenvalue weighted by Crippen LogP contribution is 2.29. The molecular weight excluding hydrogens is 418 g/mol. The summed E-state index contributed by atoms with van der Waals surface area (Å²) in [5, 5.41) is 5.05. The number of aromatic nitrogens is 2. The molecule has 0 saturated heterocycles. The molecule has 4 aromatic rings. The zero-order valence-corrected chi connectivity index (χ0v) is 17.6. The molecule has 0 bridgehead atoms. The van der Waals surface area contributed by atoms with Gasteiger partial charge in [-0.25, -0.2) is 9.78 Å². The molecule has 9 heteroatoms. The molecular formula is C22H19N3O5S. The molecule has 8 nitrogen and oxygen atoms in total. The number of amides is 1. The van der Waals surface area contributed by atoms with Gasteiger partial charge in [-0.05, 0) is 48.9 Å². The summed E-state index contributed by atoms with van der Waals surface area (Å²) in [6, 6.07) is 10.7. The Hall–Kier alpha value is -3.85. The van der Waals surface area contributed by atoms with Gasteiger partial charge in [-0.3, -0.25) is 15.1 Å². The van der Waals surface area contributed by atoms with Gasteiger partial charge in [0.1, 0.15) is 0 Å². The highest BCUT2D eigenvalue weighted by Gasteiger charge is 2.09. The number of carbonyl (C=O) groups is 1. The number of oxazole rings is 1. The van der Waals surface area contributed by atoms with Gasteiger partial charge in [0.15, 0.2) is 22.2 Å². The van der Waals surface area contributed by atoms with Crippen molar-refractivity contribution in [3.05, 3.63) is 64.0 Å². The van der Waals surface area contributed by atoms with Crippen LogP contribution in [0.5, 0.6) is 11.5 Å². The van der Waals surface area contributed by atoms with Crippen LogP contribution in [-0.4, -0.2) is 29.6 Å². The smallest absolute Gasteiger partial charge is 0.417 e. The van der Waals surface area contributed by atoms with Crippen LogP contribution in [0.25, 0.3) is 28.4 Å². The van der Waals surface area contributed by atoms with Crippen molar-refractivity contribution in [3.8, 4) is 22.8 Å².